The van der Waals surface area contributed by atoms with Crippen LogP contribution < -0.4 is 4.74 Å². The highest BCUT2D eigenvalue weighted by molar-refractivity contribution is 5.53. The zero-order valence-electron chi connectivity index (χ0n) is 9.61. The highest BCUT2D eigenvalue weighted by atomic mass is 16.6. The summed E-state index contributed by atoms with van der Waals surface area (Å²) in [6, 6.07) is 5.86. The molecule has 1 aromatic heterocycles. The van der Waals surface area contributed by atoms with Crippen LogP contribution in [-0.2, 0) is 6.61 Å². The lowest BCUT2D eigenvalue weighted by Crippen LogP contribution is -2.01. The number of aliphatic hydroxyl groups excluding tert-OH is 1. The lowest BCUT2D eigenvalue weighted by molar-refractivity contribution is -0.384. The number of nitrogens with zero attached hydrogens (tertiary/aromatic N) is 3. The maximum atomic E-state index is 10.7. The predicted molar refractivity (Wildman–Crippen MR) is 62.7 cm³/mol. The van der Waals surface area contributed by atoms with Gasteiger partial charge in [0.2, 0.25) is 0 Å². The minimum atomic E-state index is -0.487. The Morgan fingerprint density at radius 1 is 1.50 bits per heavy atom. The van der Waals surface area contributed by atoms with Gasteiger partial charge in [-0.2, -0.15) is 5.10 Å². The van der Waals surface area contributed by atoms with Crippen LogP contribution in [0.25, 0.3) is 5.69 Å². The van der Waals surface area contributed by atoms with Gasteiger partial charge in [-0.3, -0.25) is 10.1 Å². The number of aliphatic hydroxyl groups is 1. The largest absolute Gasteiger partial charge is 0.494 e. The summed E-state index contributed by atoms with van der Waals surface area (Å²) in [5, 5.41) is 23.8. The summed E-state index contributed by atoms with van der Waals surface area (Å²) in [6.45, 7) is -0.190. The van der Waals surface area contributed by atoms with Crippen LogP contribution in [0.15, 0.2) is 30.5 Å². The first-order valence-corrected chi connectivity index (χ1v) is 5.14. The van der Waals surface area contributed by atoms with Crippen molar-refractivity contribution in [1.82, 2.24) is 9.78 Å². The molecule has 0 aliphatic heterocycles. The van der Waals surface area contributed by atoms with Crippen LogP contribution in [0.4, 0.5) is 5.69 Å². The molecule has 2 aromatic rings. The normalized spacial score (nSPS) is 10.3. The molecular weight excluding hydrogens is 238 g/mol. The summed E-state index contributed by atoms with van der Waals surface area (Å²) in [5.41, 5.74) is 0.877. The van der Waals surface area contributed by atoms with Gasteiger partial charge in [-0.25, -0.2) is 4.68 Å². The molecule has 7 heteroatoms. The Balaban J connectivity index is 2.52. The minimum absolute atomic E-state index is 0.0492. The van der Waals surface area contributed by atoms with E-state index in [-0.39, 0.29) is 12.3 Å². The fraction of sp³-hybridized carbons (Fsp3) is 0.182. The number of rotatable bonds is 4. The number of methoxy groups -OCH3 is 1. The van der Waals surface area contributed by atoms with Gasteiger partial charge in [0.25, 0.3) is 5.69 Å². The zero-order chi connectivity index (χ0) is 13.1. The summed E-state index contributed by atoms with van der Waals surface area (Å²) >= 11 is 0. The highest BCUT2D eigenvalue weighted by Gasteiger charge is 2.13. The first-order valence-electron chi connectivity index (χ1n) is 5.14. The van der Waals surface area contributed by atoms with Crippen molar-refractivity contribution in [2.45, 2.75) is 6.61 Å². The Bertz CT molecular complexity index is 579. The zero-order valence-corrected chi connectivity index (χ0v) is 9.61. The second-order valence-corrected chi connectivity index (χ2v) is 3.52. The Labute approximate surface area is 102 Å². The monoisotopic (exact) mass is 249 g/mol. The van der Waals surface area contributed by atoms with E-state index in [4.69, 9.17) is 9.84 Å². The molecule has 0 atom stereocenters. The lowest BCUT2D eigenvalue weighted by atomic mass is 10.2. The number of hydrogen-bond donors (Lipinski definition) is 1. The average molecular weight is 249 g/mol. The maximum Gasteiger partial charge on any atom is 0.271 e. The van der Waals surface area contributed by atoms with E-state index in [1.165, 1.54) is 30.0 Å². The van der Waals surface area contributed by atoms with E-state index in [1.54, 1.807) is 12.3 Å². The highest BCUT2D eigenvalue weighted by Crippen LogP contribution is 2.27. The molecule has 94 valence electrons. The predicted octanol–water partition coefficient (Wildman–Crippen LogP) is 1.28. The number of benzene rings is 1. The molecule has 0 saturated carbocycles. The molecule has 0 spiro atoms. The van der Waals surface area contributed by atoms with Gasteiger partial charge >= 0.3 is 0 Å². The average Bonchev–Trinajstić information content (AvgIpc) is 2.86. The quantitative estimate of drug-likeness (QED) is 0.651. The molecule has 0 aliphatic carbocycles. The second kappa shape index (κ2) is 4.84. The molecular formula is C11H11N3O4. The third-order valence-electron chi connectivity index (χ3n) is 2.43. The topological polar surface area (TPSA) is 90.4 Å². The van der Waals surface area contributed by atoms with Gasteiger partial charge in [0.05, 0.1) is 24.3 Å². The Morgan fingerprint density at radius 2 is 2.28 bits per heavy atom. The standard InChI is InChI=1S/C11H11N3O4/c1-18-11-3-2-9(14(16)17)6-10(11)13-5-4-8(7-15)12-13/h2-6,15H,7H2,1H3. The molecule has 1 heterocycles. The molecule has 0 aliphatic rings. The van der Waals surface area contributed by atoms with E-state index >= 15 is 0 Å². The summed E-state index contributed by atoms with van der Waals surface area (Å²) in [7, 11) is 1.47. The van der Waals surface area contributed by atoms with E-state index in [2.05, 4.69) is 5.10 Å². The van der Waals surface area contributed by atoms with Crippen LogP contribution in [0.5, 0.6) is 5.75 Å². The number of non-ortho nitro benzene ring substituents is 1. The number of ether oxygens (including phenoxy) is 1. The molecule has 0 saturated heterocycles. The van der Waals surface area contributed by atoms with Gasteiger partial charge in [0.1, 0.15) is 11.4 Å². The van der Waals surface area contributed by atoms with Crippen LogP contribution in [0.3, 0.4) is 0 Å². The van der Waals surface area contributed by atoms with E-state index in [0.29, 0.717) is 17.1 Å². The van der Waals surface area contributed by atoms with Crippen LogP contribution >= 0.6 is 0 Å². The summed E-state index contributed by atoms with van der Waals surface area (Å²) in [5.74, 6) is 0.466. The molecule has 1 aromatic carbocycles. The van der Waals surface area contributed by atoms with Gasteiger partial charge in [0, 0.05) is 18.3 Å². The lowest BCUT2D eigenvalue weighted by Gasteiger charge is -2.07. The molecule has 0 amide bonds. The molecule has 0 bridgehead atoms. The van der Waals surface area contributed by atoms with Crippen molar-refractivity contribution in [3.63, 3.8) is 0 Å². The van der Waals surface area contributed by atoms with Crippen LogP contribution in [-0.4, -0.2) is 26.9 Å². The second-order valence-electron chi connectivity index (χ2n) is 3.52. The van der Waals surface area contributed by atoms with Gasteiger partial charge in [0.15, 0.2) is 0 Å². The summed E-state index contributed by atoms with van der Waals surface area (Å²) in [6.07, 6.45) is 1.60. The van der Waals surface area contributed by atoms with Crippen LogP contribution in [0.1, 0.15) is 5.69 Å². The van der Waals surface area contributed by atoms with Crippen molar-refractivity contribution < 1.29 is 14.8 Å². The number of nitro groups is 1. The molecule has 7 nitrogen and oxygen atoms in total. The molecule has 1 N–H and O–H groups in total. The van der Waals surface area contributed by atoms with E-state index < -0.39 is 4.92 Å². The van der Waals surface area contributed by atoms with Crippen molar-refractivity contribution in [3.05, 3.63) is 46.3 Å². The van der Waals surface area contributed by atoms with Crippen molar-refractivity contribution in [3.8, 4) is 11.4 Å². The molecule has 0 fully saturated rings. The Kier molecular flexibility index (Phi) is 3.24. The van der Waals surface area contributed by atoms with E-state index in [0.717, 1.165) is 0 Å². The van der Waals surface area contributed by atoms with Crippen molar-refractivity contribution in [1.29, 1.82) is 0 Å². The fourth-order valence-corrected chi connectivity index (χ4v) is 1.55. The van der Waals surface area contributed by atoms with Crippen LogP contribution in [0, 0.1) is 10.1 Å². The van der Waals surface area contributed by atoms with Crippen molar-refractivity contribution in [2.24, 2.45) is 0 Å². The molecule has 0 unspecified atom stereocenters. The summed E-state index contributed by atoms with van der Waals surface area (Å²) < 4.78 is 6.56. The van der Waals surface area contributed by atoms with Gasteiger partial charge in [-0.15, -0.1) is 0 Å². The third kappa shape index (κ3) is 2.16. The first-order chi connectivity index (χ1) is 8.65. The van der Waals surface area contributed by atoms with Gasteiger partial charge in [-0.05, 0) is 12.1 Å². The van der Waals surface area contributed by atoms with E-state index in [1.807, 2.05) is 0 Å². The van der Waals surface area contributed by atoms with E-state index in [9.17, 15) is 10.1 Å². The first kappa shape index (κ1) is 12.1. The van der Waals surface area contributed by atoms with Gasteiger partial charge < -0.3 is 9.84 Å². The summed E-state index contributed by atoms with van der Waals surface area (Å²) in [4.78, 5) is 10.3. The number of nitro benzene ring substituents is 1. The maximum absolute atomic E-state index is 10.7. The van der Waals surface area contributed by atoms with Crippen molar-refractivity contribution >= 4 is 5.69 Å². The van der Waals surface area contributed by atoms with Gasteiger partial charge in [-0.1, -0.05) is 0 Å². The number of hydrogen-bond acceptors (Lipinski definition) is 5. The van der Waals surface area contributed by atoms with Crippen molar-refractivity contribution in [2.75, 3.05) is 7.11 Å². The Morgan fingerprint density at radius 3 is 2.83 bits per heavy atom. The SMILES string of the molecule is COc1ccc([N+](=O)[O-])cc1-n1ccc(CO)n1. The fourth-order valence-electron chi connectivity index (χ4n) is 1.55. The molecule has 0 radical (unpaired) electrons. The smallest absolute Gasteiger partial charge is 0.271 e. The third-order valence-corrected chi connectivity index (χ3v) is 2.43. The van der Waals surface area contributed by atoms with Crippen LogP contribution in [0.2, 0.25) is 0 Å². The number of aromatic nitrogens is 2. The Hall–Kier alpha value is -2.41. The molecule has 2 rings (SSSR count). The minimum Gasteiger partial charge on any atom is -0.494 e. The molecule has 18 heavy (non-hydrogen) atoms.